The van der Waals surface area contributed by atoms with Gasteiger partial charge < -0.3 is 39.6 Å². The predicted octanol–water partition coefficient (Wildman–Crippen LogP) is 5.90. The highest BCUT2D eigenvalue weighted by Gasteiger charge is 2.78. The Balaban J connectivity index is 1.04. The van der Waals surface area contributed by atoms with E-state index in [1.165, 1.54) is 32.5 Å². The molecule has 1 saturated carbocycles. The molecule has 9 rings (SSSR count). The minimum absolute atomic E-state index is 0.0779. The van der Waals surface area contributed by atoms with Crippen LogP contribution < -0.4 is 20.5 Å². The number of fused-ring (bicyclic) bond motifs is 2. The molecule has 348 valence electrons. The number of β-amino-alcohol motifs (C(OH)–C–C–N with tert-alkyl or cyclic N) is 1. The summed E-state index contributed by atoms with van der Waals surface area (Å²) in [4.78, 5) is 42.5. The average molecular weight is 926 g/mol. The standard InChI is InChI=1S/C49H63N7O7S2/c1-6-46(60)18-12-22-55(30-46)24-17-33-32-14-8-9-15-36(32)51-40(33)31(3)34-28-35-37(29-38(34)62-5)54(4)42-48(35)20-25-56-23-13-19-47(7-2,41(48)56)43(57)49(42,61)44(58)52-53-45(59)63-26-27-64-65-39-16-10-11-21-50-39/h8-11,13-16,19,21,28-29,31,41-43,51,57,60-61H,6-7,12,17-18,20,22-27,30H2,1-5H3,(H,52,58)(H,53,59)/t31-,41-,42+,43+,46?,47+,48+,49?/m0/s1. The molecule has 2 aromatic heterocycles. The van der Waals surface area contributed by atoms with Crippen molar-refractivity contribution in [2.75, 3.05) is 64.1 Å². The topological polar surface area (TPSA) is 176 Å². The van der Waals surface area contributed by atoms with Gasteiger partial charge in [-0.05, 0) is 97.8 Å². The zero-order chi connectivity index (χ0) is 45.7. The van der Waals surface area contributed by atoms with Gasteiger partial charge in [-0.2, -0.15) is 0 Å². The number of likely N-dealkylation sites (tertiary alicyclic amines) is 1. The zero-order valence-corrected chi connectivity index (χ0v) is 39.6. The molecule has 14 nitrogen and oxygen atoms in total. The molecule has 0 radical (unpaired) electrons. The number of carbonyl (C=O) groups is 2. The molecule has 1 spiro atoms. The second-order valence-corrected chi connectivity index (χ2v) is 21.1. The van der Waals surface area contributed by atoms with Crippen LogP contribution in [0.2, 0.25) is 0 Å². The largest absolute Gasteiger partial charge is 0.496 e. The van der Waals surface area contributed by atoms with Gasteiger partial charge in [-0.3, -0.25) is 15.1 Å². The molecule has 2 amide bonds. The Morgan fingerprint density at radius 1 is 1.05 bits per heavy atom. The second-order valence-electron chi connectivity index (χ2n) is 18.7. The zero-order valence-electron chi connectivity index (χ0n) is 38.0. The number of anilines is 1. The fourth-order valence-electron chi connectivity index (χ4n) is 12.5. The van der Waals surface area contributed by atoms with E-state index in [-0.39, 0.29) is 18.6 Å². The summed E-state index contributed by atoms with van der Waals surface area (Å²) in [6.45, 7) is 10.2. The van der Waals surface area contributed by atoms with Gasteiger partial charge >= 0.3 is 6.09 Å². The molecule has 6 heterocycles. The van der Waals surface area contributed by atoms with Crippen molar-refractivity contribution in [3.05, 3.63) is 95.3 Å². The monoisotopic (exact) mass is 925 g/mol. The number of hydrogen-bond acceptors (Lipinski definition) is 13. The predicted molar refractivity (Wildman–Crippen MR) is 255 cm³/mol. The maximum absolute atomic E-state index is 14.7. The van der Waals surface area contributed by atoms with E-state index < -0.39 is 46.2 Å². The van der Waals surface area contributed by atoms with Crippen LogP contribution in [0.5, 0.6) is 5.75 Å². The molecule has 65 heavy (non-hydrogen) atoms. The normalized spacial score (nSPS) is 29.8. The molecule has 16 heteroatoms. The Labute approximate surface area is 389 Å². The molecule has 4 aromatic rings. The number of benzene rings is 2. The van der Waals surface area contributed by atoms with Crippen LogP contribution in [0, 0.1) is 5.41 Å². The highest BCUT2D eigenvalue weighted by molar-refractivity contribution is 8.76. The number of nitrogens with one attached hydrogen (secondary N) is 3. The maximum atomic E-state index is 14.7. The summed E-state index contributed by atoms with van der Waals surface area (Å²) in [5.41, 5.74) is 6.19. The summed E-state index contributed by atoms with van der Waals surface area (Å²) in [6.07, 6.45) is 7.83. The molecular weight excluding hydrogens is 863 g/mol. The van der Waals surface area contributed by atoms with Crippen LogP contribution in [0.15, 0.2) is 78.0 Å². The SMILES string of the molecule is CCC1(O)CCCN(CCc2c([C@@H](C)c3cc4c(cc3OC)N(C)[C@H]3C(O)(C(=O)NNC(=O)OCCSSc5ccccn5)[C@H](O)[C@]5(CC)C=CCN6CC[C@]43[C@@H]65)[nH]c3ccccc23)C1. The number of para-hydroxylation sites is 1. The van der Waals surface area contributed by atoms with Crippen molar-refractivity contribution in [1.29, 1.82) is 0 Å². The molecular formula is C49H63N7O7S2. The van der Waals surface area contributed by atoms with Gasteiger partial charge in [0, 0.05) is 95.3 Å². The third-order valence-corrected chi connectivity index (χ3v) is 17.8. The van der Waals surface area contributed by atoms with Gasteiger partial charge in [-0.15, -0.1) is 0 Å². The van der Waals surface area contributed by atoms with E-state index in [0.717, 1.165) is 71.8 Å². The number of aliphatic hydroxyl groups excluding tert-OH is 1. The van der Waals surface area contributed by atoms with Crippen molar-refractivity contribution in [3.63, 3.8) is 0 Å². The number of aromatic amines is 1. The van der Waals surface area contributed by atoms with Gasteiger partial charge in [-0.25, -0.2) is 15.2 Å². The number of amides is 2. The summed E-state index contributed by atoms with van der Waals surface area (Å²) in [5.74, 6) is 0.104. The van der Waals surface area contributed by atoms with Crippen LogP contribution in [0.1, 0.15) is 81.2 Å². The molecule has 8 atom stereocenters. The van der Waals surface area contributed by atoms with E-state index in [0.29, 0.717) is 44.0 Å². The van der Waals surface area contributed by atoms with Crippen molar-refractivity contribution >= 4 is 50.2 Å². The Bertz CT molecular complexity index is 2440. The molecule has 3 fully saturated rings. The number of pyridine rings is 1. The first kappa shape index (κ1) is 45.8. The number of piperidine rings is 1. The molecule has 6 N–H and O–H groups in total. The van der Waals surface area contributed by atoms with Gasteiger partial charge in [0.05, 0.1) is 18.8 Å². The number of rotatable bonds is 14. The number of nitrogens with zero attached hydrogens (tertiary/aromatic N) is 4. The lowest BCUT2D eigenvalue weighted by atomic mass is 9.47. The van der Waals surface area contributed by atoms with Crippen LogP contribution in [-0.2, 0) is 21.4 Å². The fraction of sp³-hybridized carbons (Fsp3) is 0.531. The van der Waals surface area contributed by atoms with Gasteiger partial charge in [-0.1, -0.05) is 68.0 Å². The van der Waals surface area contributed by atoms with Crippen LogP contribution in [0.3, 0.4) is 0 Å². The Morgan fingerprint density at radius 2 is 1.86 bits per heavy atom. The van der Waals surface area contributed by atoms with E-state index in [4.69, 9.17) is 9.47 Å². The van der Waals surface area contributed by atoms with E-state index in [1.54, 1.807) is 13.3 Å². The van der Waals surface area contributed by atoms with Crippen LogP contribution in [0.25, 0.3) is 10.9 Å². The smallest absolute Gasteiger partial charge is 0.426 e. The number of aliphatic hydroxyl groups is 3. The Kier molecular flexibility index (Phi) is 12.7. The third kappa shape index (κ3) is 7.60. The van der Waals surface area contributed by atoms with E-state index >= 15 is 0 Å². The lowest BCUT2D eigenvalue weighted by Crippen LogP contribution is -2.82. The first-order valence-electron chi connectivity index (χ1n) is 23.1. The summed E-state index contributed by atoms with van der Waals surface area (Å²) in [7, 11) is 6.51. The van der Waals surface area contributed by atoms with Crippen molar-refractivity contribution < 1.29 is 34.4 Å². The molecule has 1 aliphatic carbocycles. The van der Waals surface area contributed by atoms with Crippen LogP contribution in [-0.4, -0.2) is 136 Å². The lowest BCUT2D eigenvalue weighted by molar-refractivity contribution is -0.204. The Morgan fingerprint density at radius 3 is 2.63 bits per heavy atom. The Hall–Kier alpha value is -4.29. The first-order chi connectivity index (χ1) is 31.3. The number of likely N-dealkylation sites (N-methyl/N-ethyl adjacent to an activating group) is 1. The lowest BCUT2D eigenvalue weighted by Gasteiger charge is -2.63. The van der Waals surface area contributed by atoms with Crippen LogP contribution >= 0.6 is 21.6 Å². The van der Waals surface area contributed by atoms with Gasteiger partial charge in [0.15, 0.2) is 5.60 Å². The van der Waals surface area contributed by atoms with Crippen LogP contribution in [0.4, 0.5) is 10.5 Å². The highest BCUT2D eigenvalue weighted by Crippen LogP contribution is 2.67. The van der Waals surface area contributed by atoms with Gasteiger partial charge in [0.25, 0.3) is 5.91 Å². The number of H-pyrrole nitrogens is 1. The number of methoxy groups -OCH3 is 1. The molecule has 4 aliphatic heterocycles. The summed E-state index contributed by atoms with van der Waals surface area (Å²) in [6, 6.07) is 17.2. The average Bonchev–Trinajstić information content (AvgIpc) is 3.98. The minimum Gasteiger partial charge on any atom is -0.496 e. The summed E-state index contributed by atoms with van der Waals surface area (Å²) < 4.78 is 11.6. The number of hydrazine groups is 1. The van der Waals surface area contributed by atoms with Crippen molar-refractivity contribution in [2.45, 2.75) is 105 Å². The van der Waals surface area contributed by atoms with E-state index in [9.17, 15) is 24.9 Å². The highest BCUT2D eigenvalue weighted by atomic mass is 33.1. The quantitative estimate of drug-likeness (QED) is 0.0382. The second kappa shape index (κ2) is 18.1. The summed E-state index contributed by atoms with van der Waals surface area (Å²) in [5, 5.41) is 39.1. The van der Waals surface area contributed by atoms with Crippen molar-refractivity contribution in [2.24, 2.45) is 5.41 Å². The fourth-order valence-corrected chi connectivity index (χ4v) is 14.2. The van der Waals surface area contributed by atoms with Crippen molar-refractivity contribution in [1.82, 2.24) is 30.6 Å². The van der Waals surface area contributed by atoms with E-state index in [1.807, 2.05) is 55.3 Å². The first-order valence-corrected chi connectivity index (χ1v) is 25.4. The van der Waals surface area contributed by atoms with Crippen molar-refractivity contribution in [3.8, 4) is 5.75 Å². The van der Waals surface area contributed by atoms with E-state index in [2.05, 4.69) is 74.8 Å². The van der Waals surface area contributed by atoms with Gasteiger partial charge in [0.2, 0.25) is 0 Å². The summed E-state index contributed by atoms with van der Waals surface area (Å²) >= 11 is 0. The molecule has 2 aromatic carbocycles. The van der Waals surface area contributed by atoms with Gasteiger partial charge in [0.1, 0.15) is 23.5 Å². The minimum atomic E-state index is -2.39. The molecule has 2 unspecified atom stereocenters. The number of ether oxygens (including phenoxy) is 2. The molecule has 0 bridgehead atoms. The third-order valence-electron chi connectivity index (χ3n) is 15.5. The molecule has 5 aliphatic rings. The maximum Gasteiger partial charge on any atom is 0.426 e. The number of carbonyl (C=O) groups excluding carboxylic acids is 2. The number of hydrogen-bond donors (Lipinski definition) is 6. The number of aromatic nitrogens is 2. The molecule has 2 saturated heterocycles.